The standard InChI is InChI=1S/C11H12FNO2/c1-7-4-8(6-15-7)11(14)9-2-3-13-5-10(9)12/h2-3,5,7-8H,4,6H2,1H3. The van der Waals surface area contributed by atoms with E-state index >= 15 is 0 Å². The van der Waals surface area contributed by atoms with Crippen LogP contribution in [0.25, 0.3) is 0 Å². The number of carbonyl (C=O) groups is 1. The maximum absolute atomic E-state index is 13.3. The number of Topliss-reactive ketones (excluding diaryl/α,β-unsaturated/α-hetero) is 1. The average Bonchev–Trinajstić information content (AvgIpc) is 2.65. The van der Waals surface area contributed by atoms with Crippen molar-refractivity contribution in [3.63, 3.8) is 0 Å². The Bertz CT molecular complexity index is 381. The van der Waals surface area contributed by atoms with E-state index in [4.69, 9.17) is 4.74 Å². The first kappa shape index (κ1) is 10.2. The Balaban J connectivity index is 2.18. The Hall–Kier alpha value is -1.29. The smallest absolute Gasteiger partial charge is 0.171 e. The van der Waals surface area contributed by atoms with E-state index in [1.54, 1.807) is 0 Å². The molecule has 0 radical (unpaired) electrons. The molecule has 15 heavy (non-hydrogen) atoms. The Morgan fingerprint density at radius 2 is 2.47 bits per heavy atom. The van der Waals surface area contributed by atoms with Gasteiger partial charge in [-0.05, 0) is 19.4 Å². The van der Waals surface area contributed by atoms with Crippen LogP contribution in [0.3, 0.4) is 0 Å². The van der Waals surface area contributed by atoms with Gasteiger partial charge in [0.25, 0.3) is 0 Å². The van der Waals surface area contributed by atoms with Crippen molar-refractivity contribution in [3.05, 3.63) is 29.8 Å². The second-order valence-corrected chi connectivity index (χ2v) is 3.80. The molecule has 0 aromatic carbocycles. The first-order valence-electron chi connectivity index (χ1n) is 4.94. The summed E-state index contributed by atoms with van der Waals surface area (Å²) in [5, 5.41) is 0. The maximum Gasteiger partial charge on any atom is 0.171 e. The molecule has 1 aromatic rings. The van der Waals surface area contributed by atoms with Gasteiger partial charge in [-0.2, -0.15) is 0 Å². The molecule has 0 N–H and O–H groups in total. The molecule has 3 nitrogen and oxygen atoms in total. The molecular formula is C11H12FNO2. The minimum Gasteiger partial charge on any atom is -0.378 e. The van der Waals surface area contributed by atoms with Crippen LogP contribution in [-0.4, -0.2) is 23.5 Å². The van der Waals surface area contributed by atoms with Crippen molar-refractivity contribution in [2.75, 3.05) is 6.61 Å². The van der Waals surface area contributed by atoms with Crippen LogP contribution in [-0.2, 0) is 4.74 Å². The van der Waals surface area contributed by atoms with Crippen molar-refractivity contribution in [2.24, 2.45) is 5.92 Å². The van der Waals surface area contributed by atoms with Gasteiger partial charge in [-0.1, -0.05) is 0 Å². The molecule has 2 rings (SSSR count). The fourth-order valence-corrected chi connectivity index (χ4v) is 1.79. The van der Waals surface area contributed by atoms with Gasteiger partial charge >= 0.3 is 0 Å². The molecular weight excluding hydrogens is 197 g/mol. The Morgan fingerprint density at radius 1 is 1.67 bits per heavy atom. The SMILES string of the molecule is CC1CC(C(=O)c2ccncc2F)CO1. The van der Waals surface area contributed by atoms with Gasteiger partial charge in [0.2, 0.25) is 0 Å². The number of ether oxygens (including phenoxy) is 1. The van der Waals surface area contributed by atoms with E-state index < -0.39 is 5.82 Å². The highest BCUT2D eigenvalue weighted by molar-refractivity contribution is 5.98. The highest BCUT2D eigenvalue weighted by atomic mass is 19.1. The summed E-state index contributed by atoms with van der Waals surface area (Å²) in [4.78, 5) is 15.5. The molecule has 1 aromatic heterocycles. The highest BCUT2D eigenvalue weighted by Crippen LogP contribution is 2.23. The molecule has 1 fully saturated rings. The average molecular weight is 209 g/mol. The van der Waals surface area contributed by atoms with Gasteiger partial charge in [-0.25, -0.2) is 4.39 Å². The largest absolute Gasteiger partial charge is 0.378 e. The van der Waals surface area contributed by atoms with E-state index in [1.165, 1.54) is 12.3 Å². The number of hydrogen-bond donors (Lipinski definition) is 0. The molecule has 1 saturated heterocycles. The lowest BCUT2D eigenvalue weighted by Crippen LogP contribution is -2.16. The number of halogens is 1. The summed E-state index contributed by atoms with van der Waals surface area (Å²) in [5.41, 5.74) is 0.118. The summed E-state index contributed by atoms with van der Waals surface area (Å²) < 4.78 is 18.6. The third-order valence-electron chi connectivity index (χ3n) is 2.61. The van der Waals surface area contributed by atoms with E-state index in [2.05, 4.69) is 4.98 Å². The van der Waals surface area contributed by atoms with Crippen LogP contribution in [0.15, 0.2) is 18.5 Å². The fraction of sp³-hybridized carbons (Fsp3) is 0.455. The van der Waals surface area contributed by atoms with Gasteiger partial charge in [-0.15, -0.1) is 0 Å². The predicted octanol–water partition coefficient (Wildman–Crippen LogP) is 1.83. The van der Waals surface area contributed by atoms with Crippen molar-refractivity contribution in [1.82, 2.24) is 4.98 Å². The molecule has 1 aliphatic heterocycles. The minimum atomic E-state index is -0.554. The van der Waals surface area contributed by atoms with Gasteiger partial charge in [0, 0.05) is 12.1 Å². The molecule has 0 amide bonds. The van der Waals surface area contributed by atoms with E-state index in [0.29, 0.717) is 13.0 Å². The Labute approximate surface area is 87.3 Å². The maximum atomic E-state index is 13.3. The molecule has 0 saturated carbocycles. The summed E-state index contributed by atoms with van der Waals surface area (Å²) in [6.45, 7) is 2.30. The highest BCUT2D eigenvalue weighted by Gasteiger charge is 2.30. The van der Waals surface area contributed by atoms with E-state index in [1.807, 2.05) is 6.92 Å². The zero-order valence-electron chi connectivity index (χ0n) is 8.44. The summed E-state index contributed by atoms with van der Waals surface area (Å²) in [5.74, 6) is -0.946. The van der Waals surface area contributed by atoms with Gasteiger partial charge in [0.05, 0.1) is 24.5 Å². The lowest BCUT2D eigenvalue weighted by Gasteiger charge is -2.06. The Kier molecular flexibility index (Phi) is 2.77. The topological polar surface area (TPSA) is 39.2 Å². The summed E-state index contributed by atoms with van der Waals surface area (Å²) in [6.07, 6.45) is 3.24. The van der Waals surface area contributed by atoms with Crippen molar-refractivity contribution in [2.45, 2.75) is 19.4 Å². The van der Waals surface area contributed by atoms with Gasteiger partial charge in [0.1, 0.15) is 0 Å². The van der Waals surface area contributed by atoms with Gasteiger partial charge < -0.3 is 4.74 Å². The molecule has 2 heterocycles. The van der Waals surface area contributed by atoms with Gasteiger partial charge in [0.15, 0.2) is 11.6 Å². The molecule has 1 aliphatic rings. The van der Waals surface area contributed by atoms with Crippen molar-refractivity contribution < 1.29 is 13.9 Å². The Morgan fingerprint density at radius 3 is 3.07 bits per heavy atom. The van der Waals surface area contributed by atoms with Crippen LogP contribution in [0.2, 0.25) is 0 Å². The van der Waals surface area contributed by atoms with E-state index in [9.17, 15) is 9.18 Å². The molecule has 0 aliphatic carbocycles. The molecule has 4 heteroatoms. The summed E-state index contributed by atoms with van der Waals surface area (Å²) >= 11 is 0. The second-order valence-electron chi connectivity index (χ2n) is 3.80. The second kappa shape index (κ2) is 4.06. The van der Waals surface area contributed by atoms with Crippen LogP contribution < -0.4 is 0 Å². The van der Waals surface area contributed by atoms with Crippen molar-refractivity contribution in [1.29, 1.82) is 0 Å². The van der Waals surface area contributed by atoms with Crippen molar-refractivity contribution in [3.8, 4) is 0 Å². The number of rotatable bonds is 2. The van der Waals surface area contributed by atoms with E-state index in [-0.39, 0.29) is 23.4 Å². The molecule has 0 bridgehead atoms. The number of carbonyl (C=O) groups excluding carboxylic acids is 1. The summed E-state index contributed by atoms with van der Waals surface area (Å²) in [7, 11) is 0. The zero-order chi connectivity index (χ0) is 10.8. The lowest BCUT2D eigenvalue weighted by atomic mass is 9.96. The monoisotopic (exact) mass is 209 g/mol. The fourth-order valence-electron chi connectivity index (χ4n) is 1.79. The number of aromatic nitrogens is 1. The molecule has 0 spiro atoms. The minimum absolute atomic E-state index is 0.0869. The van der Waals surface area contributed by atoms with Crippen LogP contribution in [0.1, 0.15) is 23.7 Å². The van der Waals surface area contributed by atoms with Crippen LogP contribution in [0, 0.1) is 11.7 Å². The van der Waals surface area contributed by atoms with E-state index in [0.717, 1.165) is 6.20 Å². The lowest BCUT2D eigenvalue weighted by molar-refractivity contribution is 0.0873. The number of nitrogens with zero attached hydrogens (tertiary/aromatic N) is 1. The molecule has 2 atom stereocenters. The van der Waals surface area contributed by atoms with Crippen LogP contribution in [0.5, 0.6) is 0 Å². The third kappa shape index (κ3) is 2.04. The normalized spacial score (nSPS) is 25.5. The third-order valence-corrected chi connectivity index (χ3v) is 2.61. The van der Waals surface area contributed by atoms with Crippen molar-refractivity contribution >= 4 is 5.78 Å². The summed E-state index contributed by atoms with van der Waals surface area (Å²) in [6, 6.07) is 1.42. The quantitative estimate of drug-likeness (QED) is 0.697. The zero-order valence-corrected chi connectivity index (χ0v) is 8.44. The number of pyridine rings is 1. The molecule has 2 unspecified atom stereocenters. The van der Waals surface area contributed by atoms with Gasteiger partial charge in [-0.3, -0.25) is 9.78 Å². The molecule has 80 valence electrons. The first-order valence-corrected chi connectivity index (χ1v) is 4.94. The number of ketones is 1. The van der Waals surface area contributed by atoms with Crippen LogP contribution >= 0.6 is 0 Å². The first-order chi connectivity index (χ1) is 7.18. The predicted molar refractivity (Wildman–Crippen MR) is 52.0 cm³/mol. The van der Waals surface area contributed by atoms with Crippen LogP contribution in [0.4, 0.5) is 4.39 Å². The number of hydrogen-bond acceptors (Lipinski definition) is 3.